The van der Waals surface area contributed by atoms with Crippen LogP contribution >= 0.6 is 27.3 Å². The average Bonchev–Trinajstić information content (AvgIpc) is 2.78. The lowest BCUT2D eigenvalue weighted by molar-refractivity contribution is 0.626. The minimum Gasteiger partial charge on any atom is -0.297 e. The molecule has 0 bridgehead atoms. The largest absolute Gasteiger partial charge is 0.297 e. The molecule has 98 valence electrons. The fraction of sp³-hybridized carbons (Fsp3) is 0.286. The van der Waals surface area contributed by atoms with Gasteiger partial charge in [0.1, 0.15) is 5.01 Å². The highest BCUT2D eigenvalue weighted by molar-refractivity contribution is 9.10. The number of nitrogens with zero attached hydrogens (tertiary/aromatic N) is 2. The second-order valence-corrected chi connectivity index (χ2v) is 6.09. The number of hydrogen-bond acceptors (Lipinski definition) is 4. The second-order valence-electron chi connectivity index (χ2n) is 4.21. The average molecular weight is 336 g/mol. The minimum absolute atomic E-state index is 0.147. The van der Waals surface area contributed by atoms with Gasteiger partial charge in [-0.2, -0.15) is 5.26 Å². The third kappa shape index (κ3) is 3.21. The van der Waals surface area contributed by atoms with Gasteiger partial charge in [0, 0.05) is 21.0 Å². The first-order valence-electron chi connectivity index (χ1n) is 5.96. The minimum atomic E-state index is 0.147. The molecule has 0 amide bonds. The summed E-state index contributed by atoms with van der Waals surface area (Å²) >= 11 is 5.23. The molecule has 1 unspecified atom stereocenters. The van der Waals surface area contributed by atoms with Gasteiger partial charge in [0.25, 0.3) is 0 Å². The predicted octanol–water partition coefficient (Wildman–Crippen LogP) is 4.06. The van der Waals surface area contributed by atoms with E-state index in [-0.39, 0.29) is 6.04 Å². The maximum atomic E-state index is 8.62. The van der Waals surface area contributed by atoms with E-state index in [1.54, 1.807) is 11.3 Å². The van der Waals surface area contributed by atoms with Crippen LogP contribution in [0.2, 0.25) is 0 Å². The molecule has 1 heterocycles. The van der Waals surface area contributed by atoms with Gasteiger partial charge in [-0.05, 0) is 19.9 Å². The Kier molecular flexibility index (Phi) is 4.70. The highest BCUT2D eigenvalue weighted by Gasteiger charge is 2.15. The summed E-state index contributed by atoms with van der Waals surface area (Å²) in [7, 11) is 0. The summed E-state index contributed by atoms with van der Waals surface area (Å²) < 4.78 is 1.05. The fourth-order valence-corrected chi connectivity index (χ4v) is 3.59. The van der Waals surface area contributed by atoms with Gasteiger partial charge >= 0.3 is 0 Å². The standard InChI is InChI=1S/C14H14BrN3S/c1-9(17-8-7-16)13-10(2)18-14(19-13)11-5-3-4-6-12(11)15/h3-6,9,17H,8H2,1-2H3. The molecule has 5 heteroatoms. The van der Waals surface area contributed by atoms with Gasteiger partial charge in [0.15, 0.2) is 0 Å². The molecule has 1 atom stereocenters. The van der Waals surface area contributed by atoms with Crippen LogP contribution in [-0.4, -0.2) is 11.5 Å². The normalized spacial score (nSPS) is 12.1. The zero-order valence-electron chi connectivity index (χ0n) is 10.8. The quantitative estimate of drug-likeness (QED) is 0.857. The van der Waals surface area contributed by atoms with Gasteiger partial charge in [-0.15, -0.1) is 11.3 Å². The molecule has 2 aromatic rings. The summed E-state index contributed by atoms with van der Waals surface area (Å²) in [6.07, 6.45) is 0. The van der Waals surface area contributed by atoms with Crippen LogP contribution < -0.4 is 5.32 Å². The summed E-state index contributed by atoms with van der Waals surface area (Å²) in [6.45, 7) is 4.42. The Balaban J connectivity index is 2.32. The van der Waals surface area contributed by atoms with E-state index in [2.05, 4.69) is 45.3 Å². The second kappa shape index (κ2) is 6.29. The summed E-state index contributed by atoms with van der Waals surface area (Å²) in [4.78, 5) is 5.82. The molecule has 2 rings (SSSR count). The first kappa shape index (κ1) is 14.2. The maximum absolute atomic E-state index is 8.62. The monoisotopic (exact) mass is 335 g/mol. The van der Waals surface area contributed by atoms with Crippen LogP contribution in [0.25, 0.3) is 10.6 Å². The van der Waals surface area contributed by atoms with Crippen molar-refractivity contribution in [2.45, 2.75) is 19.9 Å². The molecule has 0 spiro atoms. The number of halogens is 1. The van der Waals surface area contributed by atoms with Crippen molar-refractivity contribution in [3.05, 3.63) is 39.3 Å². The molecule has 1 aromatic carbocycles. The molecule has 1 N–H and O–H groups in total. The topological polar surface area (TPSA) is 48.7 Å². The maximum Gasteiger partial charge on any atom is 0.125 e. The zero-order valence-corrected chi connectivity index (χ0v) is 13.2. The molecule has 0 radical (unpaired) electrons. The van der Waals surface area contributed by atoms with Gasteiger partial charge in [-0.25, -0.2) is 4.98 Å². The van der Waals surface area contributed by atoms with E-state index in [9.17, 15) is 0 Å². The Bertz CT molecular complexity index is 615. The SMILES string of the molecule is Cc1nc(-c2ccccc2Br)sc1C(C)NCC#N. The van der Waals surface area contributed by atoms with Crippen molar-refractivity contribution in [1.29, 1.82) is 5.26 Å². The predicted molar refractivity (Wildman–Crippen MR) is 82.0 cm³/mol. The fourth-order valence-electron chi connectivity index (χ4n) is 1.85. The Labute approximate surface area is 125 Å². The number of rotatable bonds is 4. The van der Waals surface area contributed by atoms with Crippen LogP contribution in [0.4, 0.5) is 0 Å². The van der Waals surface area contributed by atoms with E-state index >= 15 is 0 Å². The van der Waals surface area contributed by atoms with E-state index in [1.165, 1.54) is 4.88 Å². The Morgan fingerprint density at radius 3 is 2.89 bits per heavy atom. The van der Waals surface area contributed by atoms with Gasteiger partial charge < -0.3 is 0 Å². The smallest absolute Gasteiger partial charge is 0.125 e. The van der Waals surface area contributed by atoms with Crippen molar-refractivity contribution in [1.82, 2.24) is 10.3 Å². The van der Waals surface area contributed by atoms with Crippen LogP contribution in [0, 0.1) is 18.3 Å². The van der Waals surface area contributed by atoms with Crippen molar-refractivity contribution >= 4 is 27.3 Å². The molecule has 0 aliphatic heterocycles. The van der Waals surface area contributed by atoms with Crippen molar-refractivity contribution < 1.29 is 0 Å². The molecule has 1 aromatic heterocycles. The van der Waals surface area contributed by atoms with Crippen molar-refractivity contribution in [3.8, 4) is 16.6 Å². The number of nitriles is 1. The van der Waals surface area contributed by atoms with E-state index < -0.39 is 0 Å². The number of benzene rings is 1. The number of aromatic nitrogens is 1. The van der Waals surface area contributed by atoms with E-state index in [1.807, 2.05) is 25.1 Å². The Morgan fingerprint density at radius 2 is 2.21 bits per heavy atom. The lowest BCUT2D eigenvalue weighted by Crippen LogP contribution is -2.18. The van der Waals surface area contributed by atoms with Gasteiger partial charge in [0.2, 0.25) is 0 Å². The van der Waals surface area contributed by atoms with Gasteiger partial charge in [0.05, 0.1) is 18.3 Å². The molecule has 3 nitrogen and oxygen atoms in total. The molecular weight excluding hydrogens is 322 g/mol. The van der Waals surface area contributed by atoms with Gasteiger partial charge in [-0.1, -0.05) is 34.1 Å². The van der Waals surface area contributed by atoms with Gasteiger partial charge in [-0.3, -0.25) is 5.32 Å². The first-order valence-corrected chi connectivity index (χ1v) is 7.57. The highest BCUT2D eigenvalue weighted by Crippen LogP contribution is 2.35. The molecule has 0 aliphatic carbocycles. The van der Waals surface area contributed by atoms with Crippen LogP contribution in [0.3, 0.4) is 0 Å². The highest BCUT2D eigenvalue weighted by atomic mass is 79.9. The lowest BCUT2D eigenvalue weighted by atomic mass is 10.2. The molecule has 19 heavy (non-hydrogen) atoms. The summed E-state index contributed by atoms with van der Waals surface area (Å²) in [5, 5.41) is 12.8. The molecule has 0 fully saturated rings. The summed E-state index contributed by atoms with van der Waals surface area (Å²) in [5.41, 5.74) is 2.13. The Hall–Kier alpha value is -1.22. The van der Waals surface area contributed by atoms with Crippen LogP contribution in [0.15, 0.2) is 28.7 Å². The molecule has 0 saturated heterocycles. The first-order chi connectivity index (χ1) is 9.13. The zero-order chi connectivity index (χ0) is 13.8. The van der Waals surface area contributed by atoms with E-state index in [4.69, 9.17) is 5.26 Å². The number of thiazole rings is 1. The number of nitrogens with one attached hydrogen (secondary N) is 1. The third-order valence-corrected chi connectivity index (χ3v) is 4.88. The van der Waals surface area contributed by atoms with E-state index in [0.717, 1.165) is 20.7 Å². The number of aryl methyl sites for hydroxylation is 1. The summed E-state index contributed by atoms with van der Waals surface area (Å²) in [5.74, 6) is 0. The van der Waals surface area contributed by atoms with Crippen LogP contribution in [-0.2, 0) is 0 Å². The molecule has 0 saturated carbocycles. The van der Waals surface area contributed by atoms with Crippen LogP contribution in [0.1, 0.15) is 23.5 Å². The molecule has 0 aliphatic rings. The van der Waals surface area contributed by atoms with Crippen molar-refractivity contribution in [2.75, 3.05) is 6.54 Å². The van der Waals surface area contributed by atoms with Crippen molar-refractivity contribution in [3.63, 3.8) is 0 Å². The van der Waals surface area contributed by atoms with Crippen LogP contribution in [0.5, 0.6) is 0 Å². The number of hydrogen-bond donors (Lipinski definition) is 1. The third-order valence-electron chi connectivity index (χ3n) is 2.82. The lowest BCUT2D eigenvalue weighted by Gasteiger charge is -2.09. The Morgan fingerprint density at radius 1 is 1.47 bits per heavy atom. The molecular formula is C14H14BrN3S. The van der Waals surface area contributed by atoms with Crippen molar-refractivity contribution in [2.24, 2.45) is 0 Å². The summed E-state index contributed by atoms with van der Waals surface area (Å²) in [6, 6.07) is 10.3. The van der Waals surface area contributed by atoms with E-state index in [0.29, 0.717) is 6.54 Å².